The summed E-state index contributed by atoms with van der Waals surface area (Å²) in [5.74, 6) is -1.38. The number of hydrazine groups is 1. The van der Waals surface area contributed by atoms with E-state index in [1.165, 1.54) is 12.1 Å². The molecule has 0 spiro atoms. The first-order valence-electron chi connectivity index (χ1n) is 6.02. The lowest BCUT2D eigenvalue weighted by Crippen LogP contribution is -2.44. The normalized spacial score (nSPS) is 13.0. The van der Waals surface area contributed by atoms with Crippen molar-refractivity contribution in [3.05, 3.63) is 29.8 Å². The van der Waals surface area contributed by atoms with Crippen molar-refractivity contribution in [1.82, 2.24) is 10.9 Å². The molecule has 1 aromatic carbocycles. The molecule has 0 saturated heterocycles. The maximum atomic E-state index is 12.0. The molecule has 1 rings (SSSR count). The van der Waals surface area contributed by atoms with E-state index in [9.17, 15) is 14.4 Å². The third kappa shape index (κ3) is 5.47. The number of nitrogens with one attached hydrogen (secondary N) is 2. The van der Waals surface area contributed by atoms with E-state index < -0.39 is 27.4 Å². The van der Waals surface area contributed by atoms with Crippen molar-refractivity contribution in [2.75, 3.05) is 0 Å². The second-order valence-corrected chi connectivity index (χ2v) is 6.84. The van der Waals surface area contributed by atoms with Crippen molar-refractivity contribution in [2.45, 2.75) is 23.5 Å². The van der Waals surface area contributed by atoms with Gasteiger partial charge in [0, 0.05) is 0 Å². The minimum absolute atomic E-state index is 0.118. The molecule has 0 radical (unpaired) electrons. The van der Waals surface area contributed by atoms with Gasteiger partial charge >= 0.3 is 5.97 Å². The minimum Gasteiger partial charge on any atom is -0.425 e. The van der Waals surface area contributed by atoms with Crippen LogP contribution < -0.4 is 15.6 Å². The molecule has 2 atom stereocenters. The van der Waals surface area contributed by atoms with E-state index in [0.29, 0.717) is 0 Å². The lowest BCUT2D eigenvalue weighted by atomic mass is 10.2. The Hall–Kier alpha value is -1.41. The summed E-state index contributed by atoms with van der Waals surface area (Å²) >= 11 is 6.16. The van der Waals surface area contributed by atoms with Gasteiger partial charge < -0.3 is 4.74 Å². The molecule has 0 saturated carbocycles. The van der Waals surface area contributed by atoms with E-state index in [0.717, 1.165) is 0 Å². The van der Waals surface area contributed by atoms with Gasteiger partial charge in [-0.2, -0.15) is 0 Å². The van der Waals surface area contributed by atoms with Crippen LogP contribution >= 0.6 is 31.9 Å². The first-order chi connectivity index (χ1) is 9.82. The van der Waals surface area contributed by atoms with Crippen LogP contribution in [0.25, 0.3) is 0 Å². The molecule has 0 unspecified atom stereocenters. The van der Waals surface area contributed by atoms with E-state index in [1.54, 1.807) is 26.0 Å². The summed E-state index contributed by atoms with van der Waals surface area (Å²) in [6.45, 7) is 3.23. The van der Waals surface area contributed by atoms with Gasteiger partial charge in [-0.15, -0.1) is 0 Å². The van der Waals surface area contributed by atoms with E-state index in [1.807, 2.05) is 0 Å². The predicted molar refractivity (Wildman–Crippen MR) is 84.5 cm³/mol. The van der Waals surface area contributed by atoms with Crippen molar-refractivity contribution in [1.29, 1.82) is 0 Å². The van der Waals surface area contributed by atoms with Crippen LogP contribution in [0.1, 0.15) is 24.2 Å². The highest BCUT2D eigenvalue weighted by Gasteiger charge is 2.18. The fourth-order valence-corrected chi connectivity index (χ4v) is 1.43. The third-order valence-electron chi connectivity index (χ3n) is 2.33. The van der Waals surface area contributed by atoms with Crippen molar-refractivity contribution in [3.8, 4) is 5.75 Å². The zero-order chi connectivity index (χ0) is 16.0. The summed E-state index contributed by atoms with van der Waals surface area (Å²) in [5, 5.41) is 0. The fraction of sp³-hybridized carbons (Fsp3) is 0.308. The average molecular weight is 422 g/mol. The molecular formula is C13H14Br2N2O4. The Morgan fingerprint density at radius 3 is 2.24 bits per heavy atom. The topological polar surface area (TPSA) is 84.5 Å². The van der Waals surface area contributed by atoms with Crippen LogP contribution in [0.3, 0.4) is 0 Å². The Balaban J connectivity index is 2.80. The zero-order valence-electron chi connectivity index (χ0n) is 11.4. The molecule has 114 valence electrons. The van der Waals surface area contributed by atoms with Crippen LogP contribution in [0.5, 0.6) is 5.75 Å². The largest absolute Gasteiger partial charge is 0.425 e. The number of amides is 2. The number of esters is 1. The summed E-state index contributed by atoms with van der Waals surface area (Å²) < 4.78 is 5.11. The van der Waals surface area contributed by atoms with Crippen molar-refractivity contribution < 1.29 is 19.1 Å². The van der Waals surface area contributed by atoms with Crippen LogP contribution in [0.2, 0.25) is 0 Å². The van der Waals surface area contributed by atoms with Crippen molar-refractivity contribution in [3.63, 3.8) is 0 Å². The monoisotopic (exact) mass is 420 g/mol. The molecule has 6 nitrogen and oxygen atoms in total. The molecule has 0 aromatic heterocycles. The van der Waals surface area contributed by atoms with Gasteiger partial charge in [0.1, 0.15) is 10.6 Å². The second kappa shape index (κ2) is 8.14. The zero-order valence-corrected chi connectivity index (χ0v) is 14.5. The number of rotatable bonds is 4. The molecule has 1 aromatic rings. The summed E-state index contributed by atoms with van der Waals surface area (Å²) in [4.78, 5) is 34.0. The highest BCUT2D eigenvalue weighted by Crippen LogP contribution is 2.19. The van der Waals surface area contributed by atoms with Gasteiger partial charge in [0.25, 0.3) is 11.8 Å². The molecule has 0 aliphatic rings. The summed E-state index contributed by atoms with van der Waals surface area (Å²) in [7, 11) is 0. The third-order valence-corrected chi connectivity index (χ3v) is 3.12. The van der Waals surface area contributed by atoms with E-state index in [-0.39, 0.29) is 11.3 Å². The number of para-hydroxylation sites is 1. The van der Waals surface area contributed by atoms with Gasteiger partial charge in [-0.05, 0) is 26.0 Å². The Labute approximate surface area is 138 Å². The summed E-state index contributed by atoms with van der Waals surface area (Å²) in [6.07, 6.45) is 0. The molecule has 0 heterocycles. The van der Waals surface area contributed by atoms with Gasteiger partial charge in [0.05, 0.1) is 10.4 Å². The van der Waals surface area contributed by atoms with Gasteiger partial charge in [-0.1, -0.05) is 44.0 Å². The molecule has 8 heteroatoms. The average Bonchev–Trinajstić information content (AvgIpc) is 2.44. The number of alkyl halides is 2. The smallest absolute Gasteiger partial charge is 0.324 e. The molecule has 0 aliphatic carbocycles. The number of hydrogen-bond acceptors (Lipinski definition) is 4. The lowest BCUT2D eigenvalue weighted by molar-refractivity contribution is -0.133. The van der Waals surface area contributed by atoms with Crippen LogP contribution in [0.4, 0.5) is 0 Å². The maximum absolute atomic E-state index is 12.0. The molecule has 21 heavy (non-hydrogen) atoms. The number of ether oxygens (including phenoxy) is 1. The quantitative estimate of drug-likeness (QED) is 0.336. The Kier molecular flexibility index (Phi) is 6.83. The first kappa shape index (κ1) is 17.6. The van der Waals surface area contributed by atoms with Gasteiger partial charge in [-0.3, -0.25) is 25.2 Å². The molecular weight excluding hydrogens is 408 g/mol. The Morgan fingerprint density at radius 1 is 1.05 bits per heavy atom. The van der Waals surface area contributed by atoms with Crippen molar-refractivity contribution >= 4 is 49.6 Å². The summed E-state index contributed by atoms with van der Waals surface area (Å²) in [5.41, 5.74) is 4.64. The number of carbonyl (C=O) groups excluding carboxylic acids is 3. The van der Waals surface area contributed by atoms with Gasteiger partial charge in [0.15, 0.2) is 0 Å². The van der Waals surface area contributed by atoms with Crippen LogP contribution in [-0.4, -0.2) is 27.4 Å². The fourth-order valence-electron chi connectivity index (χ4n) is 1.22. The summed E-state index contributed by atoms with van der Waals surface area (Å²) in [6, 6.07) is 6.24. The second-order valence-electron chi connectivity index (χ2n) is 4.09. The van der Waals surface area contributed by atoms with E-state index in [4.69, 9.17) is 4.74 Å². The van der Waals surface area contributed by atoms with Gasteiger partial charge in [0.2, 0.25) is 0 Å². The van der Waals surface area contributed by atoms with Crippen LogP contribution in [0.15, 0.2) is 24.3 Å². The molecule has 0 bridgehead atoms. The molecule has 0 aliphatic heterocycles. The lowest BCUT2D eigenvalue weighted by Gasteiger charge is -2.12. The van der Waals surface area contributed by atoms with Gasteiger partial charge in [-0.25, -0.2) is 0 Å². The van der Waals surface area contributed by atoms with Crippen molar-refractivity contribution in [2.24, 2.45) is 0 Å². The number of halogens is 2. The SMILES string of the molecule is C[C@H](Br)C(=O)Oc1ccccc1C(=O)NNC(=O)[C@@H](C)Br. The Bertz CT molecular complexity index is 547. The molecule has 2 N–H and O–H groups in total. The highest BCUT2D eigenvalue weighted by molar-refractivity contribution is 9.10. The van der Waals surface area contributed by atoms with E-state index >= 15 is 0 Å². The number of benzene rings is 1. The maximum Gasteiger partial charge on any atom is 0.324 e. The number of carbonyl (C=O) groups is 3. The van der Waals surface area contributed by atoms with E-state index in [2.05, 4.69) is 42.7 Å². The Morgan fingerprint density at radius 2 is 1.67 bits per heavy atom. The number of hydrogen-bond donors (Lipinski definition) is 2. The predicted octanol–water partition coefficient (Wildman–Crippen LogP) is 1.92. The molecule has 0 fully saturated rings. The molecule has 2 amide bonds. The highest BCUT2D eigenvalue weighted by atomic mass is 79.9. The van der Waals surface area contributed by atoms with Crippen LogP contribution in [0, 0.1) is 0 Å². The van der Waals surface area contributed by atoms with Crippen LogP contribution in [-0.2, 0) is 9.59 Å². The standard InChI is InChI=1S/C13H14Br2N2O4/c1-7(14)11(18)16-17-12(19)9-5-3-4-6-10(9)21-13(20)8(2)15/h3-8H,1-2H3,(H,16,18)(H,17,19)/t7-,8+/m1/s1. The minimum atomic E-state index is -0.581. The first-order valence-corrected chi connectivity index (χ1v) is 7.85.